The molecule has 6 heteroatoms. The molecular weight excluding hydrogens is 288 g/mol. The number of aryl methyl sites for hydroxylation is 1. The van der Waals surface area contributed by atoms with E-state index >= 15 is 0 Å². The largest absolute Gasteiger partial charge is 0.359 e. The van der Waals surface area contributed by atoms with Crippen molar-refractivity contribution in [1.29, 1.82) is 0 Å². The standard InChI is InChI=1S/C15H22N2O3S/c1-12-4-3-5-13(10-12)11-21(19,20)17-8-6-14(7-9-17)15(18)16-2/h3-5,10,14H,6-9,11H2,1-2H3,(H,16,18). The molecular formula is C15H22N2O3S. The van der Waals surface area contributed by atoms with Crippen LogP contribution in [0.4, 0.5) is 0 Å². The molecule has 1 saturated heterocycles. The number of benzene rings is 1. The van der Waals surface area contributed by atoms with E-state index in [1.165, 1.54) is 4.31 Å². The Morgan fingerprint density at radius 3 is 2.57 bits per heavy atom. The van der Waals surface area contributed by atoms with Crippen LogP contribution in [-0.2, 0) is 20.6 Å². The van der Waals surface area contributed by atoms with Crippen LogP contribution < -0.4 is 5.32 Å². The molecule has 0 spiro atoms. The molecule has 1 aromatic carbocycles. The normalized spacial score (nSPS) is 17.6. The summed E-state index contributed by atoms with van der Waals surface area (Å²) in [6.07, 6.45) is 1.18. The third-order valence-electron chi connectivity index (χ3n) is 3.90. The van der Waals surface area contributed by atoms with Gasteiger partial charge in [0, 0.05) is 26.1 Å². The smallest absolute Gasteiger partial charge is 0.222 e. The number of piperidine rings is 1. The Hall–Kier alpha value is -1.40. The van der Waals surface area contributed by atoms with Gasteiger partial charge >= 0.3 is 0 Å². The van der Waals surface area contributed by atoms with E-state index in [0.29, 0.717) is 25.9 Å². The lowest BCUT2D eigenvalue weighted by Crippen LogP contribution is -2.42. The maximum atomic E-state index is 12.4. The molecule has 1 amide bonds. The first kappa shape index (κ1) is 16.0. The quantitative estimate of drug-likeness (QED) is 0.911. The molecule has 1 fully saturated rings. The zero-order valence-corrected chi connectivity index (χ0v) is 13.3. The van der Waals surface area contributed by atoms with Gasteiger partial charge in [0.2, 0.25) is 15.9 Å². The van der Waals surface area contributed by atoms with Crippen LogP contribution in [-0.4, -0.2) is 38.8 Å². The molecule has 116 valence electrons. The number of hydrogen-bond donors (Lipinski definition) is 1. The maximum absolute atomic E-state index is 12.4. The summed E-state index contributed by atoms with van der Waals surface area (Å²) in [6, 6.07) is 7.56. The van der Waals surface area contributed by atoms with Gasteiger partial charge in [0.25, 0.3) is 0 Å². The molecule has 0 bridgehead atoms. The SMILES string of the molecule is CNC(=O)C1CCN(S(=O)(=O)Cc2cccc(C)c2)CC1. The zero-order valence-electron chi connectivity index (χ0n) is 12.5. The van der Waals surface area contributed by atoms with Gasteiger partial charge in [-0.1, -0.05) is 29.8 Å². The molecule has 0 atom stereocenters. The number of nitrogens with one attached hydrogen (secondary N) is 1. The van der Waals surface area contributed by atoms with Crippen LogP contribution in [0.15, 0.2) is 24.3 Å². The summed E-state index contributed by atoms with van der Waals surface area (Å²) in [7, 11) is -1.69. The Bertz CT molecular complexity index is 605. The van der Waals surface area contributed by atoms with Gasteiger partial charge in [-0.2, -0.15) is 0 Å². The highest BCUT2D eigenvalue weighted by Crippen LogP contribution is 2.22. The number of rotatable bonds is 4. The first-order valence-electron chi connectivity index (χ1n) is 7.17. The highest BCUT2D eigenvalue weighted by molar-refractivity contribution is 7.88. The molecule has 0 aliphatic carbocycles. The first-order valence-corrected chi connectivity index (χ1v) is 8.78. The number of carbonyl (C=O) groups is 1. The van der Waals surface area contributed by atoms with Crippen molar-refractivity contribution in [2.45, 2.75) is 25.5 Å². The fourth-order valence-corrected chi connectivity index (χ4v) is 4.25. The van der Waals surface area contributed by atoms with Crippen LogP contribution >= 0.6 is 0 Å². The molecule has 1 N–H and O–H groups in total. The van der Waals surface area contributed by atoms with Crippen LogP contribution in [0.5, 0.6) is 0 Å². The summed E-state index contributed by atoms with van der Waals surface area (Å²) in [5.41, 5.74) is 1.87. The predicted molar refractivity (Wildman–Crippen MR) is 82.2 cm³/mol. The van der Waals surface area contributed by atoms with Gasteiger partial charge in [-0.3, -0.25) is 4.79 Å². The second kappa shape index (κ2) is 6.58. The van der Waals surface area contributed by atoms with Crippen LogP contribution in [0, 0.1) is 12.8 Å². The monoisotopic (exact) mass is 310 g/mol. The summed E-state index contributed by atoms with van der Waals surface area (Å²) in [6.45, 7) is 2.80. The average Bonchev–Trinajstić information content (AvgIpc) is 2.46. The average molecular weight is 310 g/mol. The van der Waals surface area contributed by atoms with E-state index in [9.17, 15) is 13.2 Å². The lowest BCUT2D eigenvalue weighted by molar-refractivity contribution is -0.125. The summed E-state index contributed by atoms with van der Waals surface area (Å²) >= 11 is 0. The highest BCUT2D eigenvalue weighted by atomic mass is 32.2. The Morgan fingerprint density at radius 1 is 1.33 bits per heavy atom. The van der Waals surface area contributed by atoms with Crippen molar-refractivity contribution in [1.82, 2.24) is 9.62 Å². The lowest BCUT2D eigenvalue weighted by atomic mass is 9.97. The second-order valence-electron chi connectivity index (χ2n) is 5.53. The Kier molecular flexibility index (Phi) is 5.00. The fourth-order valence-electron chi connectivity index (χ4n) is 2.70. The summed E-state index contributed by atoms with van der Waals surface area (Å²) < 4.78 is 26.4. The van der Waals surface area contributed by atoms with Crippen molar-refractivity contribution in [2.75, 3.05) is 20.1 Å². The summed E-state index contributed by atoms with van der Waals surface area (Å²) in [5.74, 6) is -0.0366. The van der Waals surface area contributed by atoms with E-state index in [-0.39, 0.29) is 17.6 Å². The van der Waals surface area contributed by atoms with Gasteiger partial charge in [-0.05, 0) is 25.3 Å². The van der Waals surface area contributed by atoms with E-state index in [1.54, 1.807) is 7.05 Å². The van der Waals surface area contributed by atoms with Gasteiger partial charge in [0.1, 0.15) is 0 Å². The molecule has 0 radical (unpaired) electrons. The molecule has 1 aliphatic rings. The fraction of sp³-hybridized carbons (Fsp3) is 0.533. The summed E-state index contributed by atoms with van der Waals surface area (Å²) in [4.78, 5) is 11.6. The predicted octanol–water partition coefficient (Wildman–Crippen LogP) is 1.28. The number of carbonyl (C=O) groups excluding carboxylic acids is 1. The first-order chi connectivity index (χ1) is 9.92. The third kappa shape index (κ3) is 4.04. The number of hydrogen-bond acceptors (Lipinski definition) is 3. The molecule has 5 nitrogen and oxygen atoms in total. The van der Waals surface area contributed by atoms with Crippen LogP contribution in [0.1, 0.15) is 24.0 Å². The Morgan fingerprint density at radius 2 is 2.00 bits per heavy atom. The Balaban J connectivity index is 2.00. The lowest BCUT2D eigenvalue weighted by Gasteiger charge is -2.30. The zero-order chi connectivity index (χ0) is 15.5. The van der Waals surface area contributed by atoms with Crippen LogP contribution in [0.25, 0.3) is 0 Å². The van der Waals surface area contributed by atoms with Crippen molar-refractivity contribution >= 4 is 15.9 Å². The van der Waals surface area contributed by atoms with Gasteiger partial charge in [-0.15, -0.1) is 0 Å². The minimum atomic E-state index is -3.31. The maximum Gasteiger partial charge on any atom is 0.222 e. The van der Waals surface area contributed by atoms with Crippen LogP contribution in [0.3, 0.4) is 0 Å². The molecule has 1 aliphatic heterocycles. The number of sulfonamides is 1. The van der Waals surface area contributed by atoms with Gasteiger partial charge in [-0.25, -0.2) is 12.7 Å². The molecule has 0 unspecified atom stereocenters. The number of nitrogens with zero attached hydrogens (tertiary/aromatic N) is 1. The van der Waals surface area contributed by atoms with Crippen LogP contribution in [0.2, 0.25) is 0 Å². The molecule has 0 aromatic heterocycles. The number of amides is 1. The minimum Gasteiger partial charge on any atom is -0.359 e. The van der Waals surface area contributed by atoms with Crippen molar-refractivity contribution in [3.05, 3.63) is 35.4 Å². The molecule has 1 aromatic rings. The van der Waals surface area contributed by atoms with E-state index in [2.05, 4.69) is 5.32 Å². The van der Waals surface area contributed by atoms with E-state index in [4.69, 9.17) is 0 Å². The third-order valence-corrected chi connectivity index (χ3v) is 5.75. The summed E-state index contributed by atoms with van der Waals surface area (Å²) in [5, 5.41) is 2.63. The van der Waals surface area contributed by atoms with Crippen molar-refractivity contribution in [3.8, 4) is 0 Å². The van der Waals surface area contributed by atoms with E-state index < -0.39 is 10.0 Å². The minimum absolute atomic E-state index is 0.00531. The van der Waals surface area contributed by atoms with Gasteiger partial charge in [0.15, 0.2) is 0 Å². The Labute approximate surface area is 126 Å². The van der Waals surface area contributed by atoms with Gasteiger partial charge < -0.3 is 5.32 Å². The topological polar surface area (TPSA) is 66.5 Å². The van der Waals surface area contributed by atoms with E-state index in [1.807, 2.05) is 31.2 Å². The van der Waals surface area contributed by atoms with Gasteiger partial charge in [0.05, 0.1) is 5.75 Å². The van der Waals surface area contributed by atoms with Crippen molar-refractivity contribution < 1.29 is 13.2 Å². The molecule has 21 heavy (non-hydrogen) atoms. The van der Waals surface area contributed by atoms with E-state index in [0.717, 1.165) is 11.1 Å². The second-order valence-corrected chi connectivity index (χ2v) is 7.50. The van der Waals surface area contributed by atoms with Crippen molar-refractivity contribution in [2.24, 2.45) is 5.92 Å². The molecule has 2 rings (SSSR count). The molecule has 1 heterocycles. The highest BCUT2D eigenvalue weighted by Gasteiger charge is 2.30. The van der Waals surface area contributed by atoms with Crippen molar-refractivity contribution in [3.63, 3.8) is 0 Å². The molecule has 0 saturated carbocycles.